The largest absolute Gasteiger partial charge is 0.323 e. The summed E-state index contributed by atoms with van der Waals surface area (Å²) in [6.45, 7) is 0. The monoisotopic (exact) mass is 281 g/mol. The number of amides is 1. The van der Waals surface area contributed by atoms with E-state index in [2.05, 4.69) is 21.2 Å². The van der Waals surface area contributed by atoms with Gasteiger partial charge >= 0.3 is 0 Å². The van der Waals surface area contributed by atoms with Crippen LogP contribution in [0.1, 0.15) is 0 Å². The highest BCUT2D eigenvalue weighted by Crippen LogP contribution is 2.29. The smallest absolute Gasteiger partial charge is 0.239 e. The minimum absolute atomic E-state index is 0.0857. The van der Waals surface area contributed by atoms with Gasteiger partial charge in [-0.2, -0.15) is 0 Å². The summed E-state index contributed by atoms with van der Waals surface area (Å²) in [6, 6.07) is 5.26. The summed E-state index contributed by atoms with van der Waals surface area (Å²) in [5, 5.41) is 3.06. The molecule has 0 saturated heterocycles. The fourth-order valence-electron chi connectivity index (χ4n) is 0.790. The molecule has 0 spiro atoms. The maximum Gasteiger partial charge on any atom is 0.239 e. The Hall–Kier alpha value is -0.250. The SMILES string of the molecule is O=C(CCl)Nc1c(Cl)cccc1Br. The quantitative estimate of drug-likeness (QED) is 0.829. The Morgan fingerprint density at radius 3 is 2.77 bits per heavy atom. The fourth-order valence-corrected chi connectivity index (χ4v) is 1.66. The number of carbonyl (C=O) groups excluding carboxylic acids is 1. The molecule has 0 unspecified atom stereocenters. The first kappa shape index (κ1) is 10.8. The van der Waals surface area contributed by atoms with E-state index in [1.54, 1.807) is 18.2 Å². The molecule has 0 aliphatic heterocycles. The fraction of sp³-hybridized carbons (Fsp3) is 0.125. The molecule has 0 heterocycles. The predicted molar refractivity (Wildman–Crippen MR) is 58.5 cm³/mol. The van der Waals surface area contributed by atoms with Crippen LogP contribution in [0, 0.1) is 0 Å². The van der Waals surface area contributed by atoms with Crippen molar-refractivity contribution in [2.75, 3.05) is 11.2 Å². The van der Waals surface area contributed by atoms with Crippen LogP contribution < -0.4 is 5.32 Å². The zero-order chi connectivity index (χ0) is 9.84. The summed E-state index contributed by atoms with van der Waals surface area (Å²) < 4.78 is 0.735. The van der Waals surface area contributed by atoms with Crippen molar-refractivity contribution in [2.45, 2.75) is 0 Å². The van der Waals surface area contributed by atoms with Crippen molar-refractivity contribution in [1.82, 2.24) is 0 Å². The molecule has 5 heteroatoms. The summed E-state index contributed by atoms with van der Waals surface area (Å²) in [5.74, 6) is -0.368. The van der Waals surface area contributed by atoms with Crippen molar-refractivity contribution < 1.29 is 4.79 Å². The van der Waals surface area contributed by atoms with Crippen LogP contribution in [0.2, 0.25) is 5.02 Å². The lowest BCUT2D eigenvalue weighted by atomic mass is 10.3. The zero-order valence-electron chi connectivity index (χ0n) is 6.48. The number of rotatable bonds is 2. The van der Waals surface area contributed by atoms with E-state index < -0.39 is 0 Å². The second kappa shape index (κ2) is 4.84. The van der Waals surface area contributed by atoms with E-state index in [1.807, 2.05) is 0 Å². The Morgan fingerprint density at radius 1 is 1.54 bits per heavy atom. The van der Waals surface area contributed by atoms with Gasteiger partial charge in [0, 0.05) is 4.47 Å². The number of benzene rings is 1. The highest BCUT2D eigenvalue weighted by Gasteiger charge is 2.07. The van der Waals surface area contributed by atoms with E-state index in [9.17, 15) is 4.79 Å². The first-order valence-electron chi connectivity index (χ1n) is 3.45. The van der Waals surface area contributed by atoms with Crippen molar-refractivity contribution >= 4 is 50.7 Å². The van der Waals surface area contributed by atoms with E-state index in [1.165, 1.54) is 0 Å². The number of hydrogen-bond donors (Lipinski definition) is 1. The maximum atomic E-state index is 11.0. The average molecular weight is 283 g/mol. The molecule has 70 valence electrons. The molecule has 0 atom stereocenters. The van der Waals surface area contributed by atoms with Crippen molar-refractivity contribution in [2.24, 2.45) is 0 Å². The van der Waals surface area contributed by atoms with Crippen LogP contribution >= 0.6 is 39.1 Å². The minimum Gasteiger partial charge on any atom is -0.323 e. The second-order valence-corrected chi connectivity index (χ2v) is 3.81. The predicted octanol–water partition coefficient (Wildman–Crippen LogP) is 3.28. The number of para-hydroxylation sites is 1. The number of hydrogen-bond acceptors (Lipinski definition) is 1. The van der Waals surface area contributed by atoms with Gasteiger partial charge in [0.25, 0.3) is 0 Å². The molecule has 1 aromatic rings. The lowest BCUT2D eigenvalue weighted by Gasteiger charge is -2.07. The van der Waals surface area contributed by atoms with Gasteiger partial charge < -0.3 is 5.32 Å². The molecule has 1 rings (SSSR count). The Morgan fingerprint density at radius 2 is 2.23 bits per heavy atom. The highest BCUT2D eigenvalue weighted by molar-refractivity contribution is 9.10. The van der Waals surface area contributed by atoms with E-state index in [4.69, 9.17) is 23.2 Å². The van der Waals surface area contributed by atoms with Gasteiger partial charge in [-0.15, -0.1) is 11.6 Å². The van der Waals surface area contributed by atoms with Gasteiger partial charge in [-0.1, -0.05) is 17.7 Å². The molecular formula is C8H6BrCl2NO. The van der Waals surface area contributed by atoms with Crippen LogP contribution in [0.3, 0.4) is 0 Å². The van der Waals surface area contributed by atoms with Gasteiger partial charge in [0.1, 0.15) is 5.88 Å². The number of halogens is 3. The first-order chi connectivity index (χ1) is 6.15. The number of carbonyl (C=O) groups is 1. The summed E-state index contributed by atoms with van der Waals surface area (Å²) in [4.78, 5) is 11.0. The molecule has 1 amide bonds. The van der Waals surface area contributed by atoms with Crippen LogP contribution in [0.4, 0.5) is 5.69 Å². The molecule has 0 aliphatic rings. The lowest BCUT2D eigenvalue weighted by molar-refractivity contribution is -0.113. The summed E-state index contributed by atoms with van der Waals surface area (Å²) in [6.07, 6.45) is 0. The van der Waals surface area contributed by atoms with Gasteiger partial charge in [0.05, 0.1) is 10.7 Å². The molecule has 0 saturated carbocycles. The molecule has 0 fully saturated rings. The van der Waals surface area contributed by atoms with E-state index in [0.29, 0.717) is 10.7 Å². The van der Waals surface area contributed by atoms with Crippen LogP contribution in [0.15, 0.2) is 22.7 Å². The molecule has 0 radical (unpaired) electrons. The van der Waals surface area contributed by atoms with E-state index >= 15 is 0 Å². The van der Waals surface area contributed by atoms with Crippen molar-refractivity contribution in [3.8, 4) is 0 Å². The number of anilines is 1. The average Bonchev–Trinajstić information content (AvgIpc) is 2.11. The Balaban J connectivity index is 2.93. The zero-order valence-corrected chi connectivity index (χ0v) is 9.58. The van der Waals surface area contributed by atoms with Gasteiger partial charge in [-0.3, -0.25) is 4.79 Å². The van der Waals surface area contributed by atoms with Gasteiger partial charge in [0.2, 0.25) is 5.91 Å². The molecule has 2 nitrogen and oxygen atoms in total. The van der Waals surface area contributed by atoms with Crippen LogP contribution in [0.5, 0.6) is 0 Å². The maximum absolute atomic E-state index is 11.0. The van der Waals surface area contributed by atoms with Gasteiger partial charge in [-0.05, 0) is 28.1 Å². The third-order valence-electron chi connectivity index (χ3n) is 1.35. The van der Waals surface area contributed by atoms with Crippen LogP contribution in [-0.4, -0.2) is 11.8 Å². The molecule has 1 aromatic carbocycles. The summed E-state index contributed by atoms with van der Waals surface area (Å²) in [5.41, 5.74) is 0.551. The van der Waals surface area contributed by atoms with E-state index in [-0.39, 0.29) is 11.8 Å². The van der Waals surface area contributed by atoms with Crippen LogP contribution in [-0.2, 0) is 4.79 Å². The molecule has 0 bridgehead atoms. The third-order valence-corrected chi connectivity index (χ3v) is 2.57. The minimum atomic E-state index is -0.282. The highest BCUT2D eigenvalue weighted by atomic mass is 79.9. The Bertz CT molecular complexity index is 310. The molecule has 0 aliphatic carbocycles. The van der Waals surface area contributed by atoms with Crippen molar-refractivity contribution in [1.29, 1.82) is 0 Å². The van der Waals surface area contributed by atoms with Crippen molar-refractivity contribution in [3.63, 3.8) is 0 Å². The van der Waals surface area contributed by atoms with Crippen LogP contribution in [0.25, 0.3) is 0 Å². The molecule has 1 N–H and O–H groups in total. The molecular weight excluding hydrogens is 277 g/mol. The topological polar surface area (TPSA) is 29.1 Å². The number of nitrogens with one attached hydrogen (secondary N) is 1. The second-order valence-electron chi connectivity index (χ2n) is 2.28. The summed E-state index contributed by atoms with van der Waals surface area (Å²) in [7, 11) is 0. The standard InChI is InChI=1S/C8H6BrCl2NO/c9-5-2-1-3-6(11)8(5)12-7(13)4-10/h1-3H,4H2,(H,12,13). The van der Waals surface area contributed by atoms with Gasteiger partial charge in [0.15, 0.2) is 0 Å². The third kappa shape index (κ3) is 2.86. The van der Waals surface area contributed by atoms with Crippen molar-refractivity contribution in [3.05, 3.63) is 27.7 Å². The Labute approximate surface area is 94.3 Å². The molecule has 13 heavy (non-hydrogen) atoms. The van der Waals surface area contributed by atoms with Gasteiger partial charge in [-0.25, -0.2) is 0 Å². The lowest BCUT2D eigenvalue weighted by Crippen LogP contribution is -2.13. The molecule has 0 aromatic heterocycles. The van der Waals surface area contributed by atoms with E-state index in [0.717, 1.165) is 4.47 Å². The normalized spacial score (nSPS) is 9.77. The summed E-state index contributed by atoms with van der Waals surface area (Å²) >= 11 is 14.4. The number of alkyl halides is 1. The first-order valence-corrected chi connectivity index (χ1v) is 5.15. The Kier molecular flexibility index (Phi) is 4.03.